The van der Waals surface area contributed by atoms with E-state index in [-0.39, 0.29) is 12.1 Å². The highest BCUT2D eigenvalue weighted by Crippen LogP contribution is 2.31. The topological polar surface area (TPSA) is 89.3 Å². The largest absolute Gasteiger partial charge is 0.445 e. The number of urea groups is 1. The van der Waals surface area contributed by atoms with Gasteiger partial charge in [-0.1, -0.05) is 25.2 Å². The Bertz CT molecular complexity index is 668. The van der Waals surface area contributed by atoms with Gasteiger partial charge in [-0.2, -0.15) is 0 Å². The number of nitrogens with zero attached hydrogens (tertiary/aromatic N) is 1. The predicted octanol–water partition coefficient (Wildman–Crippen LogP) is 4.14. The summed E-state index contributed by atoms with van der Waals surface area (Å²) >= 11 is 1.28. The Balaban J connectivity index is 2.00. The Hall–Kier alpha value is -2.28. The molecular formula is C16H22N4O2S. The number of nitrogens with one attached hydrogen (secondary N) is 2. The van der Waals surface area contributed by atoms with Crippen molar-refractivity contribution in [3.63, 3.8) is 0 Å². The molecule has 124 valence electrons. The minimum absolute atomic E-state index is 0.190. The van der Waals surface area contributed by atoms with Crippen LogP contribution in [0.1, 0.15) is 32.3 Å². The molecule has 0 spiro atoms. The van der Waals surface area contributed by atoms with Crippen LogP contribution in [-0.4, -0.2) is 17.1 Å². The minimum atomic E-state index is -0.193. The Kier molecular flexibility index (Phi) is 5.81. The molecule has 0 atom stereocenters. The van der Waals surface area contributed by atoms with E-state index >= 15 is 0 Å². The summed E-state index contributed by atoms with van der Waals surface area (Å²) in [4.78, 5) is 15.9. The van der Waals surface area contributed by atoms with Gasteiger partial charge in [0.15, 0.2) is 5.13 Å². The maximum Gasteiger partial charge on any atom is 0.319 e. The number of aryl methyl sites for hydroxylation is 1. The highest BCUT2D eigenvalue weighted by atomic mass is 32.1. The highest BCUT2D eigenvalue weighted by molar-refractivity contribution is 7.17. The predicted molar refractivity (Wildman–Crippen MR) is 94.3 cm³/mol. The summed E-state index contributed by atoms with van der Waals surface area (Å²) in [6, 6.07) is 5.49. The highest BCUT2D eigenvalue weighted by Gasteiger charge is 2.10. The number of hydrogen-bond donors (Lipinski definition) is 3. The van der Waals surface area contributed by atoms with Crippen LogP contribution in [0.15, 0.2) is 24.4 Å². The number of nitrogen functional groups attached to an aromatic ring is 1. The van der Waals surface area contributed by atoms with Gasteiger partial charge < -0.3 is 21.1 Å². The lowest BCUT2D eigenvalue weighted by molar-refractivity contribution is 0.247. The number of hydrogen-bond acceptors (Lipinski definition) is 5. The van der Waals surface area contributed by atoms with Gasteiger partial charge in [-0.05, 0) is 43.5 Å². The van der Waals surface area contributed by atoms with Gasteiger partial charge in [0.2, 0.25) is 5.06 Å². The molecule has 0 aliphatic carbocycles. The summed E-state index contributed by atoms with van der Waals surface area (Å²) in [5.74, 6) is 0.708. The zero-order chi connectivity index (χ0) is 16.8. The number of ether oxygens (including phenoxy) is 1. The number of aromatic nitrogens is 1. The molecule has 2 amide bonds. The maximum absolute atomic E-state index is 12.0. The van der Waals surface area contributed by atoms with Gasteiger partial charge in [-0.3, -0.25) is 0 Å². The maximum atomic E-state index is 12.0. The summed E-state index contributed by atoms with van der Waals surface area (Å²) in [6.07, 6.45) is 3.41. The summed E-state index contributed by atoms with van der Waals surface area (Å²) in [5, 5.41) is 6.88. The third kappa shape index (κ3) is 4.85. The van der Waals surface area contributed by atoms with Crippen molar-refractivity contribution >= 4 is 28.2 Å². The third-order valence-corrected chi connectivity index (χ3v) is 4.17. The molecule has 1 aromatic carbocycles. The van der Waals surface area contributed by atoms with E-state index < -0.39 is 0 Å². The lowest BCUT2D eigenvalue weighted by Gasteiger charge is -2.16. The van der Waals surface area contributed by atoms with Crippen LogP contribution in [0.2, 0.25) is 0 Å². The van der Waals surface area contributed by atoms with E-state index in [4.69, 9.17) is 10.5 Å². The van der Waals surface area contributed by atoms with Crippen molar-refractivity contribution in [2.45, 2.75) is 39.7 Å². The van der Waals surface area contributed by atoms with Gasteiger partial charge in [0.05, 0.1) is 6.20 Å². The van der Waals surface area contributed by atoms with Crippen LogP contribution in [-0.2, 0) is 0 Å². The number of benzene rings is 1. The Morgan fingerprint density at radius 1 is 1.39 bits per heavy atom. The molecular weight excluding hydrogens is 312 g/mol. The molecule has 0 radical (unpaired) electrons. The first-order valence-corrected chi connectivity index (χ1v) is 8.40. The molecule has 0 unspecified atom stereocenters. The first-order valence-electron chi connectivity index (χ1n) is 7.59. The molecule has 7 heteroatoms. The van der Waals surface area contributed by atoms with Crippen molar-refractivity contribution in [3.05, 3.63) is 30.0 Å². The van der Waals surface area contributed by atoms with E-state index in [0.717, 1.165) is 24.1 Å². The molecule has 1 aromatic heterocycles. The fourth-order valence-electron chi connectivity index (χ4n) is 2.11. The van der Waals surface area contributed by atoms with E-state index in [0.29, 0.717) is 15.9 Å². The number of anilines is 2. The molecule has 0 aliphatic rings. The standard InChI is InChI=1S/C16H22N4O2S/c1-4-11(5-2)19-16(21)20-12-6-7-13(10(3)8-12)22-14-9-18-15(17)23-14/h6-9,11H,4-5H2,1-3H3,(H2,17,18)(H2,19,20,21). The van der Waals surface area contributed by atoms with E-state index in [1.807, 2.05) is 19.1 Å². The number of amides is 2. The number of thiazole rings is 1. The molecule has 0 bridgehead atoms. The van der Waals surface area contributed by atoms with E-state index in [1.165, 1.54) is 11.3 Å². The molecule has 0 saturated heterocycles. The van der Waals surface area contributed by atoms with Gasteiger partial charge in [0, 0.05) is 11.7 Å². The third-order valence-electron chi connectivity index (χ3n) is 3.47. The van der Waals surface area contributed by atoms with Gasteiger partial charge in [0.25, 0.3) is 0 Å². The summed E-state index contributed by atoms with van der Waals surface area (Å²) in [5.41, 5.74) is 7.22. The minimum Gasteiger partial charge on any atom is -0.445 e. The van der Waals surface area contributed by atoms with Crippen LogP contribution >= 0.6 is 11.3 Å². The number of carbonyl (C=O) groups excluding carboxylic acids is 1. The quantitative estimate of drug-likeness (QED) is 0.741. The van der Waals surface area contributed by atoms with E-state index in [1.54, 1.807) is 12.3 Å². The second-order valence-electron chi connectivity index (χ2n) is 5.21. The van der Waals surface area contributed by atoms with Crippen molar-refractivity contribution in [1.82, 2.24) is 10.3 Å². The molecule has 2 aromatic rings. The monoisotopic (exact) mass is 334 g/mol. The van der Waals surface area contributed by atoms with Crippen LogP contribution in [0, 0.1) is 6.92 Å². The van der Waals surface area contributed by atoms with Gasteiger partial charge in [0.1, 0.15) is 5.75 Å². The van der Waals surface area contributed by atoms with Crippen LogP contribution in [0.3, 0.4) is 0 Å². The number of rotatable bonds is 6. The lowest BCUT2D eigenvalue weighted by Crippen LogP contribution is -2.37. The fraction of sp³-hybridized carbons (Fsp3) is 0.375. The van der Waals surface area contributed by atoms with E-state index in [2.05, 4.69) is 29.5 Å². The van der Waals surface area contributed by atoms with Crippen LogP contribution in [0.5, 0.6) is 10.8 Å². The van der Waals surface area contributed by atoms with Crippen LogP contribution in [0.25, 0.3) is 0 Å². The molecule has 4 N–H and O–H groups in total. The van der Waals surface area contributed by atoms with E-state index in [9.17, 15) is 4.79 Å². The van der Waals surface area contributed by atoms with Gasteiger partial charge in [-0.15, -0.1) is 0 Å². The van der Waals surface area contributed by atoms with Crippen molar-refractivity contribution < 1.29 is 9.53 Å². The van der Waals surface area contributed by atoms with Gasteiger partial charge >= 0.3 is 6.03 Å². The van der Waals surface area contributed by atoms with Crippen molar-refractivity contribution in [1.29, 1.82) is 0 Å². The zero-order valence-electron chi connectivity index (χ0n) is 13.6. The SMILES string of the molecule is CCC(CC)NC(=O)Nc1ccc(Oc2cnc(N)s2)c(C)c1. The van der Waals surface area contributed by atoms with Crippen molar-refractivity contribution in [2.24, 2.45) is 0 Å². The molecule has 2 rings (SSSR count). The molecule has 0 fully saturated rings. The Labute approximate surface area is 140 Å². The molecule has 23 heavy (non-hydrogen) atoms. The first kappa shape index (κ1) is 17.1. The molecule has 6 nitrogen and oxygen atoms in total. The molecule has 1 heterocycles. The summed E-state index contributed by atoms with van der Waals surface area (Å²) in [6.45, 7) is 6.03. The lowest BCUT2D eigenvalue weighted by atomic mass is 10.2. The van der Waals surface area contributed by atoms with Crippen molar-refractivity contribution in [3.8, 4) is 10.8 Å². The second-order valence-corrected chi connectivity index (χ2v) is 6.24. The number of nitrogens with two attached hydrogens (primary N) is 1. The van der Waals surface area contributed by atoms with Crippen LogP contribution < -0.4 is 21.1 Å². The van der Waals surface area contributed by atoms with Crippen molar-refractivity contribution in [2.75, 3.05) is 11.1 Å². The Morgan fingerprint density at radius 3 is 2.70 bits per heavy atom. The average Bonchev–Trinajstić information content (AvgIpc) is 2.93. The Morgan fingerprint density at radius 2 is 2.13 bits per heavy atom. The average molecular weight is 334 g/mol. The normalized spacial score (nSPS) is 10.6. The number of carbonyl (C=O) groups is 1. The zero-order valence-corrected chi connectivity index (χ0v) is 14.4. The molecule has 0 aliphatic heterocycles. The smallest absolute Gasteiger partial charge is 0.319 e. The summed E-state index contributed by atoms with van der Waals surface area (Å²) < 4.78 is 5.74. The van der Waals surface area contributed by atoms with Crippen LogP contribution in [0.4, 0.5) is 15.6 Å². The summed E-state index contributed by atoms with van der Waals surface area (Å²) in [7, 11) is 0. The second kappa shape index (κ2) is 7.82. The van der Waals surface area contributed by atoms with Gasteiger partial charge in [-0.25, -0.2) is 9.78 Å². The first-order chi connectivity index (χ1) is 11.0. The fourth-order valence-corrected chi connectivity index (χ4v) is 2.66. The molecule has 0 saturated carbocycles.